The molecular formula is C16H14N2O3. The molecule has 1 amide bonds. The maximum absolute atomic E-state index is 12.1. The van der Waals surface area contributed by atoms with Crippen molar-refractivity contribution in [3.63, 3.8) is 0 Å². The first-order valence-electron chi connectivity index (χ1n) is 6.58. The minimum absolute atomic E-state index is 0.0759. The van der Waals surface area contributed by atoms with Gasteiger partial charge in [0.15, 0.2) is 6.61 Å². The average Bonchev–Trinajstić information content (AvgIpc) is 2.56. The van der Waals surface area contributed by atoms with Gasteiger partial charge in [-0.2, -0.15) is 5.01 Å². The Kier molecular flexibility index (Phi) is 3.66. The Hall–Kier alpha value is -2.66. The minimum Gasteiger partial charge on any atom is -0.466 e. The molecule has 21 heavy (non-hydrogen) atoms. The van der Waals surface area contributed by atoms with E-state index in [-0.39, 0.29) is 19.1 Å². The molecule has 2 aromatic rings. The van der Waals surface area contributed by atoms with Gasteiger partial charge in [-0.05, 0) is 18.2 Å². The summed E-state index contributed by atoms with van der Waals surface area (Å²) >= 11 is 0. The van der Waals surface area contributed by atoms with Crippen molar-refractivity contribution in [3.8, 4) is 0 Å². The molecule has 0 aliphatic carbocycles. The van der Waals surface area contributed by atoms with Gasteiger partial charge in [-0.3, -0.25) is 4.79 Å². The smallest absolute Gasteiger partial charge is 0.285 e. The van der Waals surface area contributed by atoms with E-state index in [0.717, 1.165) is 5.56 Å². The number of hydrogen-bond acceptors (Lipinski definition) is 4. The van der Waals surface area contributed by atoms with Crippen LogP contribution in [0.2, 0.25) is 0 Å². The van der Waals surface area contributed by atoms with Crippen LogP contribution in [0.5, 0.6) is 0 Å². The van der Waals surface area contributed by atoms with Crippen LogP contribution in [0, 0.1) is 0 Å². The molecule has 0 spiro atoms. The maximum Gasteiger partial charge on any atom is 0.285 e. The van der Waals surface area contributed by atoms with Gasteiger partial charge in [-0.15, -0.1) is 5.10 Å². The lowest BCUT2D eigenvalue weighted by atomic mass is 10.2. The zero-order valence-corrected chi connectivity index (χ0v) is 11.3. The second kappa shape index (κ2) is 5.76. The lowest BCUT2D eigenvalue weighted by molar-refractivity contribution is -0.121. The largest absolute Gasteiger partial charge is 0.466 e. The van der Waals surface area contributed by atoms with Crippen LogP contribution in [0.3, 0.4) is 0 Å². The number of anilines is 1. The van der Waals surface area contributed by atoms with Crippen molar-refractivity contribution < 1.29 is 14.6 Å². The van der Waals surface area contributed by atoms with E-state index in [4.69, 9.17) is 4.74 Å². The highest BCUT2D eigenvalue weighted by Gasteiger charge is 2.25. The van der Waals surface area contributed by atoms with Gasteiger partial charge in [-0.25, -0.2) is 0 Å². The lowest BCUT2D eigenvalue weighted by Crippen LogP contribution is -2.37. The van der Waals surface area contributed by atoms with Gasteiger partial charge in [-0.1, -0.05) is 36.4 Å². The fraction of sp³-hybridized carbons (Fsp3) is 0.125. The Bertz CT molecular complexity index is 683. The number of para-hydroxylation sites is 1. The van der Waals surface area contributed by atoms with Gasteiger partial charge in [0, 0.05) is 11.1 Å². The van der Waals surface area contributed by atoms with Crippen LogP contribution >= 0.6 is 0 Å². The highest BCUT2D eigenvalue weighted by atomic mass is 16.5. The van der Waals surface area contributed by atoms with E-state index in [0.29, 0.717) is 17.1 Å². The second-order valence-corrected chi connectivity index (χ2v) is 4.55. The molecule has 0 unspecified atom stereocenters. The summed E-state index contributed by atoms with van der Waals surface area (Å²) in [4.78, 5) is 12.1. The van der Waals surface area contributed by atoms with Gasteiger partial charge in [0.05, 0.1) is 12.3 Å². The Morgan fingerprint density at radius 3 is 2.57 bits per heavy atom. The number of rotatable bonds is 3. The zero-order chi connectivity index (χ0) is 14.7. The van der Waals surface area contributed by atoms with Gasteiger partial charge in [0.2, 0.25) is 5.90 Å². The third-order valence-electron chi connectivity index (χ3n) is 3.17. The van der Waals surface area contributed by atoms with Gasteiger partial charge in [0.1, 0.15) is 0 Å². The average molecular weight is 282 g/mol. The lowest BCUT2D eigenvalue weighted by Gasteiger charge is -2.25. The van der Waals surface area contributed by atoms with Crippen molar-refractivity contribution in [1.82, 2.24) is 0 Å². The van der Waals surface area contributed by atoms with Crippen molar-refractivity contribution in [3.05, 3.63) is 65.7 Å². The second-order valence-electron chi connectivity index (χ2n) is 4.55. The Balaban J connectivity index is 2.02. The number of hydrogen-bond donors (Lipinski definition) is 1. The van der Waals surface area contributed by atoms with E-state index in [2.05, 4.69) is 5.10 Å². The Labute approximate surface area is 122 Å². The molecule has 0 saturated carbocycles. The Morgan fingerprint density at radius 1 is 1.10 bits per heavy atom. The van der Waals surface area contributed by atoms with E-state index in [1.165, 1.54) is 5.01 Å². The summed E-state index contributed by atoms with van der Waals surface area (Å²) in [7, 11) is 0. The fourth-order valence-corrected chi connectivity index (χ4v) is 2.13. The van der Waals surface area contributed by atoms with Crippen LogP contribution in [-0.2, 0) is 16.1 Å². The molecular weight excluding hydrogens is 268 g/mol. The molecule has 1 N–H and O–H groups in total. The first-order chi connectivity index (χ1) is 10.3. The summed E-state index contributed by atoms with van der Waals surface area (Å²) in [5.74, 6) is 0.124. The van der Waals surface area contributed by atoms with Crippen molar-refractivity contribution >= 4 is 17.5 Å². The molecule has 0 radical (unpaired) electrons. The van der Waals surface area contributed by atoms with Crippen molar-refractivity contribution in [2.45, 2.75) is 6.61 Å². The number of amides is 1. The number of benzene rings is 2. The molecule has 0 saturated heterocycles. The molecule has 5 heteroatoms. The number of aliphatic hydroxyl groups is 1. The van der Waals surface area contributed by atoms with Gasteiger partial charge < -0.3 is 9.84 Å². The molecule has 106 valence electrons. The van der Waals surface area contributed by atoms with Crippen LogP contribution in [0.4, 0.5) is 5.69 Å². The number of carbonyl (C=O) groups is 1. The first-order valence-corrected chi connectivity index (χ1v) is 6.58. The van der Waals surface area contributed by atoms with Crippen LogP contribution in [0.1, 0.15) is 11.1 Å². The van der Waals surface area contributed by atoms with E-state index in [9.17, 15) is 9.90 Å². The van der Waals surface area contributed by atoms with Crippen molar-refractivity contribution in [1.29, 1.82) is 0 Å². The van der Waals surface area contributed by atoms with Crippen molar-refractivity contribution in [2.24, 2.45) is 5.10 Å². The summed E-state index contributed by atoms with van der Waals surface area (Å²) in [6.07, 6.45) is 0. The molecule has 1 heterocycles. The molecule has 0 atom stereocenters. The normalized spacial score (nSPS) is 14.6. The third-order valence-corrected chi connectivity index (χ3v) is 3.17. The number of hydrazone groups is 1. The summed E-state index contributed by atoms with van der Waals surface area (Å²) in [6, 6.07) is 16.5. The third kappa shape index (κ3) is 2.64. The monoisotopic (exact) mass is 282 g/mol. The molecule has 2 aromatic carbocycles. The summed E-state index contributed by atoms with van der Waals surface area (Å²) in [5, 5.41) is 15.0. The van der Waals surface area contributed by atoms with E-state index >= 15 is 0 Å². The zero-order valence-electron chi connectivity index (χ0n) is 11.3. The summed E-state index contributed by atoms with van der Waals surface area (Å²) in [5.41, 5.74) is 2.02. The topological polar surface area (TPSA) is 62.1 Å². The molecule has 1 aliphatic rings. The first kappa shape index (κ1) is 13.3. The summed E-state index contributed by atoms with van der Waals surface area (Å²) < 4.78 is 5.40. The predicted octanol–water partition coefficient (Wildman–Crippen LogP) is 1.90. The van der Waals surface area contributed by atoms with Gasteiger partial charge in [0.25, 0.3) is 5.91 Å². The minimum atomic E-state index is -0.268. The predicted molar refractivity (Wildman–Crippen MR) is 78.8 cm³/mol. The molecule has 1 aliphatic heterocycles. The van der Waals surface area contributed by atoms with Crippen LogP contribution in [0.15, 0.2) is 59.7 Å². The molecule has 5 nitrogen and oxygen atoms in total. The van der Waals surface area contributed by atoms with Crippen molar-refractivity contribution in [2.75, 3.05) is 11.6 Å². The molecule has 3 rings (SSSR count). The van der Waals surface area contributed by atoms with E-state index in [1.807, 2.05) is 36.4 Å². The maximum atomic E-state index is 12.1. The van der Waals surface area contributed by atoms with E-state index in [1.54, 1.807) is 18.2 Å². The molecule has 0 aromatic heterocycles. The number of ether oxygens (including phenoxy) is 1. The highest BCUT2D eigenvalue weighted by molar-refractivity contribution is 6.04. The van der Waals surface area contributed by atoms with Crippen LogP contribution < -0.4 is 5.01 Å². The quantitative estimate of drug-likeness (QED) is 0.935. The molecule has 0 bridgehead atoms. The van der Waals surface area contributed by atoms with E-state index < -0.39 is 0 Å². The SMILES string of the molecule is O=C1COC(c2ccccc2)=NN1c1ccccc1CO. The molecule has 0 fully saturated rings. The number of carbonyl (C=O) groups excluding carboxylic acids is 1. The number of nitrogens with zero attached hydrogens (tertiary/aromatic N) is 2. The standard InChI is InChI=1S/C16H14N2O3/c19-10-13-8-4-5-9-14(13)18-15(20)11-21-16(17-18)12-6-2-1-3-7-12/h1-9,19H,10-11H2. The highest BCUT2D eigenvalue weighted by Crippen LogP contribution is 2.23. The van der Waals surface area contributed by atoms with Crippen LogP contribution in [0.25, 0.3) is 0 Å². The number of aliphatic hydroxyl groups excluding tert-OH is 1. The summed E-state index contributed by atoms with van der Waals surface area (Å²) in [6.45, 7) is -0.232. The fourth-order valence-electron chi connectivity index (χ4n) is 2.13. The van der Waals surface area contributed by atoms with Crippen LogP contribution in [-0.4, -0.2) is 23.5 Å². The van der Waals surface area contributed by atoms with Gasteiger partial charge >= 0.3 is 0 Å². The Morgan fingerprint density at radius 2 is 1.81 bits per heavy atom.